The Morgan fingerprint density at radius 2 is 1.90 bits per heavy atom. The maximum atomic E-state index is 10.2. The second-order valence-corrected chi connectivity index (χ2v) is 4.90. The first-order valence-electron chi connectivity index (χ1n) is 6.94. The molecule has 0 saturated carbocycles. The lowest BCUT2D eigenvalue weighted by Gasteiger charge is -2.29. The van der Waals surface area contributed by atoms with Crippen LogP contribution >= 0.6 is 0 Å². The third-order valence-electron chi connectivity index (χ3n) is 3.55. The number of ether oxygens (including phenoxy) is 2. The Balaban J connectivity index is 1.82. The molecule has 0 saturated heterocycles. The van der Waals surface area contributed by atoms with Crippen molar-refractivity contribution in [3.63, 3.8) is 0 Å². The van der Waals surface area contributed by atoms with Crippen LogP contribution in [0.15, 0.2) is 48.5 Å². The SMILES string of the molecule is CCOc1ccc(C2C[C@@H](O)c3ccccc3O2)cc1. The Bertz CT molecular complexity index is 577. The minimum absolute atomic E-state index is 0.115. The molecular formula is C17H18O3. The molecule has 2 aromatic rings. The van der Waals surface area contributed by atoms with E-state index in [1.165, 1.54) is 0 Å². The number of hydrogen-bond acceptors (Lipinski definition) is 3. The number of benzene rings is 2. The summed E-state index contributed by atoms with van der Waals surface area (Å²) in [5.74, 6) is 1.62. The Hall–Kier alpha value is -2.00. The van der Waals surface area contributed by atoms with E-state index in [4.69, 9.17) is 9.47 Å². The Morgan fingerprint density at radius 1 is 1.15 bits per heavy atom. The molecule has 2 aromatic carbocycles. The molecule has 1 aliphatic heterocycles. The largest absolute Gasteiger partial charge is 0.494 e. The van der Waals surface area contributed by atoms with Crippen LogP contribution < -0.4 is 9.47 Å². The number of rotatable bonds is 3. The van der Waals surface area contributed by atoms with E-state index < -0.39 is 6.10 Å². The van der Waals surface area contributed by atoms with Gasteiger partial charge in [-0.2, -0.15) is 0 Å². The molecule has 3 heteroatoms. The van der Waals surface area contributed by atoms with Gasteiger partial charge in [-0.05, 0) is 30.7 Å². The van der Waals surface area contributed by atoms with Crippen LogP contribution in [0.3, 0.4) is 0 Å². The molecule has 0 amide bonds. The van der Waals surface area contributed by atoms with Crippen LogP contribution in [-0.4, -0.2) is 11.7 Å². The van der Waals surface area contributed by atoms with E-state index in [0.717, 1.165) is 22.6 Å². The van der Waals surface area contributed by atoms with Gasteiger partial charge in [0, 0.05) is 12.0 Å². The van der Waals surface area contributed by atoms with Gasteiger partial charge < -0.3 is 14.6 Å². The molecule has 0 spiro atoms. The summed E-state index contributed by atoms with van der Waals surface area (Å²) in [6.07, 6.45) is -0.0163. The lowest BCUT2D eigenvalue weighted by molar-refractivity contribution is 0.0657. The highest BCUT2D eigenvalue weighted by molar-refractivity contribution is 5.39. The van der Waals surface area contributed by atoms with Crippen LogP contribution in [0.2, 0.25) is 0 Å². The van der Waals surface area contributed by atoms with E-state index in [-0.39, 0.29) is 6.10 Å². The number of hydrogen-bond donors (Lipinski definition) is 1. The Kier molecular flexibility index (Phi) is 3.61. The molecule has 0 bridgehead atoms. The smallest absolute Gasteiger partial charge is 0.127 e. The molecule has 2 atom stereocenters. The summed E-state index contributed by atoms with van der Waals surface area (Å²) in [6, 6.07) is 15.5. The molecule has 3 nitrogen and oxygen atoms in total. The molecule has 0 aromatic heterocycles. The third-order valence-corrected chi connectivity index (χ3v) is 3.55. The normalized spacial score (nSPS) is 20.9. The highest BCUT2D eigenvalue weighted by Crippen LogP contribution is 2.40. The maximum absolute atomic E-state index is 10.2. The Labute approximate surface area is 118 Å². The number of aliphatic hydroxyl groups excluding tert-OH is 1. The van der Waals surface area contributed by atoms with Gasteiger partial charge in [0.15, 0.2) is 0 Å². The predicted molar refractivity (Wildman–Crippen MR) is 77.0 cm³/mol. The van der Waals surface area contributed by atoms with E-state index in [1.807, 2.05) is 55.5 Å². The molecule has 1 N–H and O–H groups in total. The lowest BCUT2D eigenvalue weighted by atomic mass is 9.95. The van der Waals surface area contributed by atoms with Crippen molar-refractivity contribution in [2.45, 2.75) is 25.6 Å². The van der Waals surface area contributed by atoms with Gasteiger partial charge in [-0.1, -0.05) is 30.3 Å². The molecule has 0 aliphatic carbocycles. The first-order valence-corrected chi connectivity index (χ1v) is 6.94. The summed E-state index contributed by atoms with van der Waals surface area (Å²) in [5, 5.41) is 10.2. The molecule has 3 rings (SSSR count). The third kappa shape index (κ3) is 2.49. The van der Waals surface area contributed by atoms with Gasteiger partial charge in [0.2, 0.25) is 0 Å². The zero-order chi connectivity index (χ0) is 13.9. The van der Waals surface area contributed by atoms with Crippen LogP contribution in [0.25, 0.3) is 0 Å². The predicted octanol–water partition coefficient (Wildman–Crippen LogP) is 3.64. The van der Waals surface area contributed by atoms with Crippen molar-refractivity contribution in [1.29, 1.82) is 0 Å². The van der Waals surface area contributed by atoms with Crippen molar-refractivity contribution in [2.75, 3.05) is 6.61 Å². The lowest BCUT2D eigenvalue weighted by Crippen LogP contribution is -2.18. The van der Waals surface area contributed by atoms with Crippen molar-refractivity contribution >= 4 is 0 Å². The minimum Gasteiger partial charge on any atom is -0.494 e. The molecule has 20 heavy (non-hydrogen) atoms. The van der Waals surface area contributed by atoms with Crippen LogP contribution in [0.1, 0.15) is 36.7 Å². The van der Waals surface area contributed by atoms with E-state index in [0.29, 0.717) is 13.0 Å². The van der Waals surface area contributed by atoms with Gasteiger partial charge in [-0.3, -0.25) is 0 Å². The van der Waals surface area contributed by atoms with Gasteiger partial charge in [-0.15, -0.1) is 0 Å². The van der Waals surface area contributed by atoms with Gasteiger partial charge in [0.05, 0.1) is 12.7 Å². The standard InChI is InChI=1S/C17H18O3/c1-2-19-13-9-7-12(8-10-13)17-11-15(18)14-5-3-4-6-16(14)20-17/h3-10,15,17-18H,2,11H2,1H3/t15-,17?/m1/s1. The van der Waals surface area contributed by atoms with Crippen LogP contribution in [-0.2, 0) is 0 Å². The highest BCUT2D eigenvalue weighted by atomic mass is 16.5. The summed E-state index contributed by atoms with van der Waals surface area (Å²) in [5.41, 5.74) is 1.93. The molecule has 1 aliphatic rings. The van der Waals surface area contributed by atoms with Crippen molar-refractivity contribution < 1.29 is 14.6 Å². The second kappa shape index (κ2) is 5.55. The first-order chi connectivity index (χ1) is 9.78. The topological polar surface area (TPSA) is 38.7 Å². The van der Waals surface area contributed by atoms with Gasteiger partial charge in [0.25, 0.3) is 0 Å². The fraction of sp³-hybridized carbons (Fsp3) is 0.294. The fourth-order valence-electron chi connectivity index (χ4n) is 2.54. The van der Waals surface area contributed by atoms with Crippen molar-refractivity contribution in [2.24, 2.45) is 0 Å². The van der Waals surface area contributed by atoms with Crippen molar-refractivity contribution in [1.82, 2.24) is 0 Å². The van der Waals surface area contributed by atoms with Gasteiger partial charge >= 0.3 is 0 Å². The average Bonchev–Trinajstić information content (AvgIpc) is 2.48. The molecule has 0 radical (unpaired) electrons. The summed E-state index contributed by atoms with van der Waals surface area (Å²) in [4.78, 5) is 0. The zero-order valence-corrected chi connectivity index (χ0v) is 11.5. The van der Waals surface area contributed by atoms with E-state index in [2.05, 4.69) is 0 Å². The highest BCUT2D eigenvalue weighted by Gasteiger charge is 2.27. The molecule has 104 valence electrons. The number of aliphatic hydroxyl groups is 1. The quantitative estimate of drug-likeness (QED) is 0.925. The molecule has 1 unspecified atom stereocenters. The Morgan fingerprint density at radius 3 is 2.65 bits per heavy atom. The summed E-state index contributed by atoms with van der Waals surface area (Å²) < 4.78 is 11.4. The maximum Gasteiger partial charge on any atom is 0.127 e. The van der Waals surface area contributed by atoms with Crippen LogP contribution in [0.4, 0.5) is 0 Å². The van der Waals surface area contributed by atoms with E-state index in [1.54, 1.807) is 0 Å². The summed E-state index contributed by atoms with van der Waals surface area (Å²) in [6.45, 7) is 2.62. The van der Waals surface area contributed by atoms with Crippen LogP contribution in [0, 0.1) is 0 Å². The number of fused-ring (bicyclic) bond motifs is 1. The first kappa shape index (κ1) is 13.0. The molecule has 1 heterocycles. The molecular weight excluding hydrogens is 252 g/mol. The van der Waals surface area contributed by atoms with Crippen LogP contribution in [0.5, 0.6) is 11.5 Å². The monoisotopic (exact) mass is 270 g/mol. The minimum atomic E-state index is -0.475. The number of para-hydroxylation sites is 1. The van der Waals surface area contributed by atoms with Gasteiger partial charge in [-0.25, -0.2) is 0 Å². The van der Waals surface area contributed by atoms with E-state index in [9.17, 15) is 5.11 Å². The van der Waals surface area contributed by atoms with Crippen molar-refractivity contribution in [3.05, 3.63) is 59.7 Å². The van der Waals surface area contributed by atoms with E-state index >= 15 is 0 Å². The summed E-state index contributed by atoms with van der Waals surface area (Å²) >= 11 is 0. The average molecular weight is 270 g/mol. The molecule has 0 fully saturated rings. The zero-order valence-electron chi connectivity index (χ0n) is 11.5. The second-order valence-electron chi connectivity index (χ2n) is 4.90. The van der Waals surface area contributed by atoms with Gasteiger partial charge in [0.1, 0.15) is 17.6 Å². The van der Waals surface area contributed by atoms with Crippen molar-refractivity contribution in [3.8, 4) is 11.5 Å². The fourth-order valence-corrected chi connectivity index (χ4v) is 2.54. The summed E-state index contributed by atoms with van der Waals surface area (Å²) in [7, 11) is 0.